The van der Waals surface area contributed by atoms with Gasteiger partial charge in [-0.15, -0.1) is 11.8 Å². The zero-order valence-corrected chi connectivity index (χ0v) is 19.5. The number of hydrogen-bond donors (Lipinski definition) is 0. The molecule has 9 heteroatoms. The van der Waals surface area contributed by atoms with Gasteiger partial charge in [-0.3, -0.25) is 13.9 Å². The SMILES string of the molecule is CCOc1ccc(-c2nc(SCCN(CC)CC)c3c(=O)n(C)c(=O)n(C)c3n2)cc1. The van der Waals surface area contributed by atoms with Crippen molar-refractivity contribution in [1.82, 2.24) is 24.0 Å². The molecule has 3 rings (SSSR count). The monoisotopic (exact) mass is 443 g/mol. The third-order valence-corrected chi connectivity index (χ3v) is 6.19. The first kappa shape index (κ1) is 23.0. The molecule has 0 bridgehead atoms. The Morgan fingerprint density at radius 3 is 2.29 bits per heavy atom. The van der Waals surface area contributed by atoms with Crippen molar-refractivity contribution in [2.75, 3.05) is 32.0 Å². The second kappa shape index (κ2) is 10.1. The molecule has 0 aliphatic rings. The summed E-state index contributed by atoms with van der Waals surface area (Å²) < 4.78 is 8.03. The third kappa shape index (κ3) is 4.83. The van der Waals surface area contributed by atoms with E-state index in [9.17, 15) is 9.59 Å². The minimum absolute atomic E-state index is 0.345. The Kier molecular flexibility index (Phi) is 7.50. The van der Waals surface area contributed by atoms with Crippen LogP contribution < -0.4 is 16.0 Å². The molecule has 0 amide bonds. The summed E-state index contributed by atoms with van der Waals surface area (Å²) in [5, 5.41) is 0.973. The zero-order chi connectivity index (χ0) is 22.5. The molecule has 0 atom stereocenters. The highest BCUT2D eigenvalue weighted by molar-refractivity contribution is 7.99. The van der Waals surface area contributed by atoms with E-state index in [1.54, 1.807) is 7.05 Å². The molecule has 0 aliphatic heterocycles. The molecule has 0 spiro atoms. The van der Waals surface area contributed by atoms with Crippen molar-refractivity contribution < 1.29 is 4.74 Å². The van der Waals surface area contributed by atoms with E-state index < -0.39 is 5.69 Å². The number of thioether (sulfide) groups is 1. The molecule has 0 radical (unpaired) electrons. The molecular weight excluding hydrogens is 414 g/mol. The van der Waals surface area contributed by atoms with Crippen molar-refractivity contribution in [2.24, 2.45) is 14.1 Å². The van der Waals surface area contributed by atoms with E-state index in [1.165, 1.54) is 23.4 Å². The summed E-state index contributed by atoms with van der Waals surface area (Å²) >= 11 is 1.52. The van der Waals surface area contributed by atoms with Gasteiger partial charge in [0.15, 0.2) is 11.5 Å². The molecule has 166 valence electrons. The van der Waals surface area contributed by atoms with Crippen molar-refractivity contribution in [3.63, 3.8) is 0 Å². The maximum absolute atomic E-state index is 12.9. The highest BCUT2D eigenvalue weighted by Gasteiger charge is 2.18. The van der Waals surface area contributed by atoms with Crippen molar-refractivity contribution in [2.45, 2.75) is 25.8 Å². The number of rotatable bonds is 9. The van der Waals surface area contributed by atoms with Gasteiger partial charge in [-0.2, -0.15) is 0 Å². The molecule has 2 aromatic heterocycles. The van der Waals surface area contributed by atoms with Crippen molar-refractivity contribution in [1.29, 1.82) is 0 Å². The smallest absolute Gasteiger partial charge is 0.332 e. The van der Waals surface area contributed by atoms with Crippen LogP contribution in [0.15, 0.2) is 38.9 Å². The number of fused-ring (bicyclic) bond motifs is 1. The first-order valence-corrected chi connectivity index (χ1v) is 11.5. The fraction of sp³-hybridized carbons (Fsp3) is 0.455. The van der Waals surface area contributed by atoms with Gasteiger partial charge >= 0.3 is 5.69 Å². The average molecular weight is 444 g/mol. The van der Waals surface area contributed by atoms with Gasteiger partial charge in [-0.25, -0.2) is 14.8 Å². The minimum Gasteiger partial charge on any atom is -0.494 e. The molecule has 0 saturated carbocycles. The summed E-state index contributed by atoms with van der Waals surface area (Å²) in [4.78, 5) is 37.1. The quantitative estimate of drug-likeness (QED) is 0.371. The lowest BCUT2D eigenvalue weighted by Crippen LogP contribution is -2.37. The van der Waals surface area contributed by atoms with Crippen LogP contribution in [0.25, 0.3) is 22.4 Å². The maximum Gasteiger partial charge on any atom is 0.332 e. The van der Waals surface area contributed by atoms with E-state index in [0.29, 0.717) is 28.5 Å². The van der Waals surface area contributed by atoms with Crippen LogP contribution in [0.2, 0.25) is 0 Å². The Balaban J connectivity index is 2.12. The summed E-state index contributed by atoms with van der Waals surface area (Å²) in [6.45, 7) is 9.60. The molecule has 2 heterocycles. The Bertz CT molecular complexity index is 1170. The Morgan fingerprint density at radius 2 is 1.68 bits per heavy atom. The van der Waals surface area contributed by atoms with Crippen LogP contribution in [0.4, 0.5) is 0 Å². The van der Waals surface area contributed by atoms with Crippen LogP contribution >= 0.6 is 11.8 Å². The van der Waals surface area contributed by atoms with Gasteiger partial charge in [-0.05, 0) is 44.3 Å². The molecule has 0 aliphatic carbocycles. The third-order valence-electron chi connectivity index (χ3n) is 5.23. The van der Waals surface area contributed by atoms with Crippen LogP contribution in [0.5, 0.6) is 5.75 Å². The summed E-state index contributed by atoms with van der Waals surface area (Å²) in [5.41, 5.74) is 0.357. The first-order chi connectivity index (χ1) is 14.9. The second-order valence-corrected chi connectivity index (χ2v) is 8.17. The Labute approximate surface area is 185 Å². The lowest BCUT2D eigenvalue weighted by molar-refractivity contribution is 0.324. The number of nitrogens with zero attached hydrogens (tertiary/aromatic N) is 5. The van der Waals surface area contributed by atoms with Gasteiger partial charge in [0.05, 0.1) is 6.61 Å². The highest BCUT2D eigenvalue weighted by Crippen LogP contribution is 2.27. The standard InChI is InChI=1S/C22H29N5O3S/c1-6-27(7-2)13-14-31-20-17-19(25(4)22(29)26(5)21(17)28)23-18(24-20)15-9-11-16(12-10-15)30-8-3/h9-12H,6-8,13-14H2,1-5H3. The molecule has 0 N–H and O–H groups in total. The molecule has 0 saturated heterocycles. The number of aromatic nitrogens is 4. The van der Waals surface area contributed by atoms with E-state index in [-0.39, 0.29) is 5.56 Å². The zero-order valence-electron chi connectivity index (χ0n) is 18.7. The topological polar surface area (TPSA) is 82.3 Å². The second-order valence-electron chi connectivity index (χ2n) is 7.09. The predicted octanol–water partition coefficient (Wildman–Crippen LogP) is 2.53. The number of aryl methyl sites for hydroxylation is 1. The van der Waals surface area contributed by atoms with Crippen molar-refractivity contribution in [3.8, 4) is 17.1 Å². The Morgan fingerprint density at radius 1 is 1.00 bits per heavy atom. The van der Waals surface area contributed by atoms with Crippen LogP contribution in [-0.2, 0) is 14.1 Å². The van der Waals surface area contributed by atoms with E-state index in [1.807, 2.05) is 31.2 Å². The normalized spacial score (nSPS) is 11.4. The fourth-order valence-corrected chi connectivity index (χ4v) is 4.36. The molecule has 3 aromatic rings. The highest BCUT2D eigenvalue weighted by atomic mass is 32.2. The van der Waals surface area contributed by atoms with Crippen LogP contribution in [0.3, 0.4) is 0 Å². The lowest BCUT2D eigenvalue weighted by Gasteiger charge is -2.17. The van der Waals surface area contributed by atoms with Gasteiger partial charge < -0.3 is 9.64 Å². The molecular formula is C22H29N5O3S. The first-order valence-electron chi connectivity index (χ1n) is 10.5. The molecule has 8 nitrogen and oxygen atoms in total. The van der Waals surface area contributed by atoms with Gasteiger partial charge in [0.1, 0.15) is 16.2 Å². The predicted molar refractivity (Wildman–Crippen MR) is 125 cm³/mol. The van der Waals surface area contributed by atoms with Crippen molar-refractivity contribution >= 4 is 22.8 Å². The largest absolute Gasteiger partial charge is 0.494 e. The number of benzene rings is 1. The number of ether oxygens (including phenoxy) is 1. The van der Waals surface area contributed by atoms with Gasteiger partial charge in [0.25, 0.3) is 5.56 Å². The van der Waals surface area contributed by atoms with Crippen LogP contribution in [0.1, 0.15) is 20.8 Å². The van der Waals surface area contributed by atoms with E-state index >= 15 is 0 Å². The maximum atomic E-state index is 12.9. The lowest BCUT2D eigenvalue weighted by atomic mass is 10.2. The Hall–Kier alpha value is -2.65. The van der Waals surface area contributed by atoms with E-state index in [4.69, 9.17) is 9.72 Å². The van der Waals surface area contributed by atoms with E-state index in [0.717, 1.165) is 41.3 Å². The molecule has 0 unspecified atom stereocenters. The molecule has 0 fully saturated rings. The number of hydrogen-bond acceptors (Lipinski definition) is 7. The van der Waals surface area contributed by atoms with Crippen LogP contribution in [0, 0.1) is 0 Å². The van der Waals surface area contributed by atoms with Gasteiger partial charge in [0.2, 0.25) is 0 Å². The summed E-state index contributed by atoms with van der Waals surface area (Å²) in [6, 6.07) is 7.50. The van der Waals surface area contributed by atoms with E-state index in [2.05, 4.69) is 23.7 Å². The van der Waals surface area contributed by atoms with Gasteiger partial charge in [0, 0.05) is 32.0 Å². The fourth-order valence-electron chi connectivity index (χ4n) is 3.34. The average Bonchev–Trinajstić information content (AvgIpc) is 2.79. The summed E-state index contributed by atoms with van der Waals surface area (Å²) in [6.07, 6.45) is 0. The molecule has 31 heavy (non-hydrogen) atoms. The minimum atomic E-state index is -0.409. The van der Waals surface area contributed by atoms with Gasteiger partial charge in [-0.1, -0.05) is 13.8 Å². The van der Waals surface area contributed by atoms with Crippen molar-refractivity contribution in [3.05, 3.63) is 45.1 Å². The van der Waals surface area contributed by atoms with Crippen LogP contribution in [-0.4, -0.2) is 56.0 Å². The summed E-state index contributed by atoms with van der Waals surface area (Å²) in [7, 11) is 3.11. The summed E-state index contributed by atoms with van der Waals surface area (Å²) in [5.74, 6) is 2.02. The molecule has 1 aromatic carbocycles.